The second kappa shape index (κ2) is 5.97. The Morgan fingerprint density at radius 3 is 3.00 bits per heavy atom. The number of carbonyl (C=O) groups is 1. The van der Waals surface area contributed by atoms with Gasteiger partial charge in [-0.3, -0.25) is 4.79 Å². The number of rotatable bonds is 5. The quantitative estimate of drug-likeness (QED) is 0.627. The van der Waals surface area contributed by atoms with E-state index in [4.69, 9.17) is 0 Å². The molecule has 3 heteroatoms. The van der Waals surface area contributed by atoms with Gasteiger partial charge in [0.2, 0.25) is 5.91 Å². The Hall–Kier alpha value is -0.570. The molecule has 1 aliphatic heterocycles. The van der Waals surface area contributed by atoms with Gasteiger partial charge < -0.3 is 10.6 Å². The predicted molar refractivity (Wildman–Crippen MR) is 53.6 cm³/mol. The van der Waals surface area contributed by atoms with Gasteiger partial charge >= 0.3 is 0 Å². The van der Waals surface area contributed by atoms with Gasteiger partial charge in [0, 0.05) is 6.54 Å². The lowest BCUT2D eigenvalue weighted by atomic mass is 10.2. The van der Waals surface area contributed by atoms with Crippen LogP contribution in [-0.4, -0.2) is 25.0 Å². The molecule has 1 atom stereocenters. The van der Waals surface area contributed by atoms with E-state index in [9.17, 15) is 4.79 Å². The number of nitrogens with one attached hydrogen (secondary N) is 2. The first kappa shape index (κ1) is 10.5. The zero-order chi connectivity index (χ0) is 9.52. The molecular formula is C10H20N2O. The van der Waals surface area contributed by atoms with E-state index in [0.717, 1.165) is 32.4 Å². The van der Waals surface area contributed by atoms with Crippen LogP contribution in [0.4, 0.5) is 0 Å². The smallest absolute Gasteiger partial charge is 0.237 e. The van der Waals surface area contributed by atoms with Crippen LogP contribution in [0.3, 0.4) is 0 Å². The van der Waals surface area contributed by atoms with Crippen molar-refractivity contribution in [3.8, 4) is 0 Å². The highest BCUT2D eigenvalue weighted by molar-refractivity contribution is 5.81. The van der Waals surface area contributed by atoms with Crippen molar-refractivity contribution in [1.29, 1.82) is 0 Å². The zero-order valence-corrected chi connectivity index (χ0v) is 8.44. The summed E-state index contributed by atoms with van der Waals surface area (Å²) in [4.78, 5) is 11.4. The Labute approximate surface area is 80.3 Å². The van der Waals surface area contributed by atoms with Gasteiger partial charge in [0.25, 0.3) is 0 Å². The highest BCUT2D eigenvalue weighted by Gasteiger charge is 2.20. The summed E-state index contributed by atoms with van der Waals surface area (Å²) in [6.07, 6.45) is 5.65. The van der Waals surface area contributed by atoms with E-state index < -0.39 is 0 Å². The van der Waals surface area contributed by atoms with Crippen LogP contribution in [-0.2, 0) is 4.79 Å². The van der Waals surface area contributed by atoms with Crippen molar-refractivity contribution in [2.24, 2.45) is 0 Å². The summed E-state index contributed by atoms with van der Waals surface area (Å²) in [5.41, 5.74) is 0. The molecule has 13 heavy (non-hydrogen) atoms. The van der Waals surface area contributed by atoms with E-state index in [1.165, 1.54) is 12.8 Å². The Balaban J connectivity index is 2.03. The summed E-state index contributed by atoms with van der Waals surface area (Å²) in [5.74, 6) is 0.189. The van der Waals surface area contributed by atoms with Crippen molar-refractivity contribution in [3.05, 3.63) is 0 Å². The van der Waals surface area contributed by atoms with Crippen molar-refractivity contribution in [2.45, 2.75) is 45.1 Å². The summed E-state index contributed by atoms with van der Waals surface area (Å²) < 4.78 is 0. The second-order valence-corrected chi connectivity index (χ2v) is 3.65. The van der Waals surface area contributed by atoms with Gasteiger partial charge in [-0.25, -0.2) is 0 Å². The van der Waals surface area contributed by atoms with Crippen LogP contribution in [0.2, 0.25) is 0 Å². The zero-order valence-electron chi connectivity index (χ0n) is 8.44. The Morgan fingerprint density at radius 1 is 1.54 bits per heavy atom. The number of amides is 1. The molecule has 2 N–H and O–H groups in total. The van der Waals surface area contributed by atoms with Gasteiger partial charge in [-0.1, -0.05) is 19.8 Å². The average molecular weight is 184 g/mol. The van der Waals surface area contributed by atoms with Crippen LogP contribution in [0.5, 0.6) is 0 Å². The molecule has 76 valence electrons. The fraction of sp³-hybridized carbons (Fsp3) is 0.900. The Bertz CT molecular complexity index is 153. The van der Waals surface area contributed by atoms with Crippen molar-refractivity contribution in [1.82, 2.24) is 10.6 Å². The monoisotopic (exact) mass is 184 g/mol. The lowest BCUT2D eigenvalue weighted by molar-refractivity contribution is -0.122. The third kappa shape index (κ3) is 3.77. The Kier molecular flexibility index (Phi) is 4.83. The maximum atomic E-state index is 11.4. The average Bonchev–Trinajstić information content (AvgIpc) is 2.65. The lowest BCUT2D eigenvalue weighted by Crippen LogP contribution is -2.40. The van der Waals surface area contributed by atoms with Crippen LogP contribution < -0.4 is 10.6 Å². The largest absolute Gasteiger partial charge is 0.355 e. The van der Waals surface area contributed by atoms with Gasteiger partial charge in [0.05, 0.1) is 6.04 Å². The standard InChI is InChI=1S/C10H20N2O/c1-2-3-4-7-12-10(13)9-6-5-8-11-9/h9,11H,2-8H2,1H3,(H,12,13)/t9-/m0/s1. The fourth-order valence-electron chi connectivity index (χ4n) is 1.62. The SMILES string of the molecule is CCCCCNC(=O)[C@@H]1CCCN1. The molecule has 0 saturated carbocycles. The molecule has 0 aromatic carbocycles. The van der Waals surface area contributed by atoms with Gasteiger partial charge in [-0.05, 0) is 25.8 Å². The topological polar surface area (TPSA) is 41.1 Å². The first-order valence-corrected chi connectivity index (χ1v) is 5.35. The highest BCUT2D eigenvalue weighted by Crippen LogP contribution is 2.04. The molecule has 0 aliphatic carbocycles. The summed E-state index contributed by atoms with van der Waals surface area (Å²) >= 11 is 0. The van der Waals surface area contributed by atoms with Crippen LogP contribution in [0.1, 0.15) is 39.0 Å². The molecule has 0 unspecified atom stereocenters. The van der Waals surface area contributed by atoms with E-state index in [-0.39, 0.29) is 11.9 Å². The maximum absolute atomic E-state index is 11.4. The molecule has 1 rings (SSSR count). The molecule has 1 amide bonds. The van der Waals surface area contributed by atoms with Crippen LogP contribution in [0, 0.1) is 0 Å². The van der Waals surface area contributed by atoms with Crippen molar-refractivity contribution in [3.63, 3.8) is 0 Å². The molecular weight excluding hydrogens is 164 g/mol. The van der Waals surface area contributed by atoms with Gasteiger partial charge in [0.1, 0.15) is 0 Å². The first-order valence-electron chi connectivity index (χ1n) is 5.35. The number of hydrogen-bond donors (Lipinski definition) is 2. The van der Waals surface area contributed by atoms with Crippen molar-refractivity contribution < 1.29 is 4.79 Å². The van der Waals surface area contributed by atoms with E-state index in [1.807, 2.05) is 0 Å². The summed E-state index contributed by atoms with van der Waals surface area (Å²) in [5, 5.41) is 6.14. The van der Waals surface area contributed by atoms with E-state index in [1.54, 1.807) is 0 Å². The Morgan fingerprint density at radius 2 is 2.38 bits per heavy atom. The third-order valence-electron chi connectivity index (χ3n) is 2.46. The van der Waals surface area contributed by atoms with Crippen LogP contribution in [0.25, 0.3) is 0 Å². The van der Waals surface area contributed by atoms with Gasteiger partial charge in [-0.15, -0.1) is 0 Å². The molecule has 0 aromatic heterocycles. The molecule has 0 radical (unpaired) electrons. The number of hydrogen-bond acceptors (Lipinski definition) is 2. The van der Waals surface area contributed by atoms with Gasteiger partial charge in [0.15, 0.2) is 0 Å². The summed E-state index contributed by atoms with van der Waals surface area (Å²) in [6, 6.07) is 0.0848. The third-order valence-corrected chi connectivity index (χ3v) is 2.46. The van der Waals surface area contributed by atoms with Crippen molar-refractivity contribution in [2.75, 3.05) is 13.1 Å². The van der Waals surface area contributed by atoms with Crippen LogP contribution >= 0.6 is 0 Å². The van der Waals surface area contributed by atoms with E-state index >= 15 is 0 Å². The minimum Gasteiger partial charge on any atom is -0.355 e. The molecule has 0 bridgehead atoms. The van der Waals surface area contributed by atoms with E-state index in [0.29, 0.717) is 0 Å². The normalized spacial score (nSPS) is 21.8. The molecule has 1 saturated heterocycles. The lowest BCUT2D eigenvalue weighted by Gasteiger charge is -2.10. The molecule has 0 aromatic rings. The second-order valence-electron chi connectivity index (χ2n) is 3.65. The van der Waals surface area contributed by atoms with Crippen LogP contribution in [0.15, 0.2) is 0 Å². The molecule has 1 fully saturated rings. The molecule has 3 nitrogen and oxygen atoms in total. The highest BCUT2D eigenvalue weighted by atomic mass is 16.2. The first-order chi connectivity index (χ1) is 6.34. The molecule has 0 spiro atoms. The number of carbonyl (C=O) groups excluding carboxylic acids is 1. The molecule has 1 heterocycles. The predicted octanol–water partition coefficient (Wildman–Crippen LogP) is 1.04. The molecule has 1 aliphatic rings. The van der Waals surface area contributed by atoms with E-state index in [2.05, 4.69) is 17.6 Å². The minimum absolute atomic E-state index is 0.0848. The maximum Gasteiger partial charge on any atom is 0.237 e. The minimum atomic E-state index is 0.0848. The summed E-state index contributed by atoms with van der Waals surface area (Å²) in [7, 11) is 0. The van der Waals surface area contributed by atoms with Gasteiger partial charge in [-0.2, -0.15) is 0 Å². The fourth-order valence-corrected chi connectivity index (χ4v) is 1.62. The number of unbranched alkanes of at least 4 members (excludes halogenated alkanes) is 2. The van der Waals surface area contributed by atoms with Crippen molar-refractivity contribution >= 4 is 5.91 Å². The summed E-state index contributed by atoms with van der Waals surface area (Å²) in [6.45, 7) is 4.00.